The first kappa shape index (κ1) is 15.7. The summed E-state index contributed by atoms with van der Waals surface area (Å²) in [7, 11) is -3.95. The third-order valence-electron chi connectivity index (χ3n) is 2.43. The number of benzene rings is 1. The maximum absolute atomic E-state index is 10.7. The van der Waals surface area contributed by atoms with Crippen LogP contribution in [0.3, 0.4) is 0 Å². The Balaban J connectivity index is 0.00000162. The van der Waals surface area contributed by atoms with Crippen molar-refractivity contribution < 1.29 is 17.3 Å². The molecule has 1 aromatic rings. The molecule has 0 atom stereocenters. The molecule has 1 aliphatic rings. The van der Waals surface area contributed by atoms with Gasteiger partial charge in [0.25, 0.3) is 0 Å². The van der Waals surface area contributed by atoms with Gasteiger partial charge in [0.15, 0.2) is 0 Å². The van der Waals surface area contributed by atoms with Crippen LogP contribution in [0.4, 0.5) is 5.69 Å². The van der Waals surface area contributed by atoms with Crippen molar-refractivity contribution in [3.8, 4) is 5.75 Å². The molecule has 0 aromatic heterocycles. The van der Waals surface area contributed by atoms with Crippen molar-refractivity contribution in [2.24, 2.45) is 5.14 Å². The number of nitrogens with zero attached hydrogens (tertiary/aromatic N) is 1. The van der Waals surface area contributed by atoms with Gasteiger partial charge in [-0.2, -0.15) is 13.6 Å². The fourth-order valence-electron chi connectivity index (χ4n) is 1.67. The second kappa shape index (κ2) is 6.74. The average molecular weight is 282 g/mol. The minimum absolute atomic E-state index is 0. The van der Waals surface area contributed by atoms with E-state index in [9.17, 15) is 8.42 Å². The summed E-state index contributed by atoms with van der Waals surface area (Å²) < 4.78 is 31.2. The van der Waals surface area contributed by atoms with Gasteiger partial charge in [-0.1, -0.05) is 0 Å². The zero-order valence-electron chi connectivity index (χ0n) is 9.20. The topological polar surface area (TPSA) is 81.9 Å². The first-order chi connectivity index (χ1) is 8.04. The molecule has 1 heterocycles. The maximum atomic E-state index is 10.7. The summed E-state index contributed by atoms with van der Waals surface area (Å²) in [6, 6.07) is 6.75. The molecule has 2 rings (SSSR count). The molecule has 96 valence electrons. The van der Waals surface area contributed by atoms with Crippen molar-refractivity contribution in [2.45, 2.75) is 0 Å². The second-order valence-corrected chi connectivity index (χ2v) is 4.82. The van der Waals surface area contributed by atoms with Crippen molar-refractivity contribution in [3.63, 3.8) is 0 Å². The van der Waals surface area contributed by atoms with E-state index in [1.807, 2.05) is 0 Å². The Labute approximate surface area is 129 Å². The van der Waals surface area contributed by atoms with Crippen LogP contribution in [0.2, 0.25) is 0 Å². The number of morpholine rings is 1. The summed E-state index contributed by atoms with van der Waals surface area (Å²) in [5.41, 5.74) is 1.01. The van der Waals surface area contributed by atoms with Gasteiger partial charge in [0.2, 0.25) is 0 Å². The summed E-state index contributed by atoms with van der Waals surface area (Å²) in [4.78, 5) is 2.16. The standard InChI is InChI=1S/C10H14N2O4S.Na.H/c11-17(13,14)16-10-3-1-9(2-4-10)12-5-7-15-8-6-12;;/h1-4H,5-8H2,(H2,11,13,14);;. The Morgan fingerprint density at radius 1 is 1.17 bits per heavy atom. The Morgan fingerprint density at radius 3 is 2.22 bits per heavy atom. The summed E-state index contributed by atoms with van der Waals surface area (Å²) >= 11 is 0. The molecule has 0 amide bonds. The Morgan fingerprint density at radius 2 is 1.72 bits per heavy atom. The van der Waals surface area contributed by atoms with Crippen LogP contribution in [0, 0.1) is 0 Å². The van der Waals surface area contributed by atoms with Gasteiger partial charge in [-0.3, -0.25) is 0 Å². The molecule has 18 heavy (non-hydrogen) atoms. The quantitative estimate of drug-likeness (QED) is 0.753. The average Bonchev–Trinajstić information content (AvgIpc) is 2.29. The van der Waals surface area contributed by atoms with E-state index >= 15 is 0 Å². The molecule has 2 N–H and O–H groups in total. The minimum atomic E-state index is -3.95. The summed E-state index contributed by atoms with van der Waals surface area (Å²) in [5, 5.41) is 4.77. The normalized spacial score (nSPS) is 15.9. The van der Waals surface area contributed by atoms with E-state index in [0.29, 0.717) is 13.2 Å². The van der Waals surface area contributed by atoms with Crippen molar-refractivity contribution >= 4 is 45.5 Å². The molecule has 0 spiro atoms. The summed E-state index contributed by atoms with van der Waals surface area (Å²) in [6.45, 7) is 3.07. The zero-order valence-corrected chi connectivity index (χ0v) is 10.0. The molecular formula is C10H15N2NaO4S. The molecule has 1 aliphatic heterocycles. The predicted octanol–water partition coefficient (Wildman–Crippen LogP) is -0.543. The number of anilines is 1. The molecule has 1 aromatic carbocycles. The first-order valence-electron chi connectivity index (χ1n) is 5.19. The van der Waals surface area contributed by atoms with Crippen LogP contribution in [-0.4, -0.2) is 64.3 Å². The third kappa shape index (κ3) is 4.75. The summed E-state index contributed by atoms with van der Waals surface area (Å²) in [5.74, 6) is 0.213. The van der Waals surface area contributed by atoms with Crippen LogP contribution in [0.15, 0.2) is 24.3 Å². The molecular weight excluding hydrogens is 267 g/mol. The number of nitrogens with two attached hydrogens (primary N) is 1. The van der Waals surface area contributed by atoms with E-state index in [1.54, 1.807) is 24.3 Å². The molecule has 0 bridgehead atoms. The molecule has 0 aliphatic carbocycles. The van der Waals surface area contributed by atoms with Crippen LogP contribution in [-0.2, 0) is 15.0 Å². The van der Waals surface area contributed by atoms with Gasteiger partial charge in [-0.25, -0.2) is 0 Å². The van der Waals surface area contributed by atoms with Gasteiger partial charge in [0.1, 0.15) is 5.75 Å². The van der Waals surface area contributed by atoms with Gasteiger partial charge in [0, 0.05) is 18.8 Å². The molecule has 0 radical (unpaired) electrons. The van der Waals surface area contributed by atoms with Crippen molar-refractivity contribution in [1.82, 2.24) is 0 Å². The fourth-order valence-corrected chi connectivity index (χ4v) is 2.05. The first-order valence-corrected chi connectivity index (χ1v) is 6.67. The molecule has 1 saturated heterocycles. The third-order valence-corrected chi connectivity index (χ3v) is 2.85. The van der Waals surface area contributed by atoms with Crippen LogP contribution in [0.1, 0.15) is 0 Å². The van der Waals surface area contributed by atoms with E-state index in [1.165, 1.54) is 0 Å². The number of hydrogen-bond acceptors (Lipinski definition) is 5. The SMILES string of the molecule is NS(=O)(=O)Oc1ccc(N2CCOCC2)cc1.[NaH]. The van der Waals surface area contributed by atoms with Gasteiger partial charge in [-0.05, 0) is 24.3 Å². The van der Waals surface area contributed by atoms with E-state index in [4.69, 9.17) is 9.88 Å². The number of ether oxygens (including phenoxy) is 1. The van der Waals surface area contributed by atoms with Crippen LogP contribution < -0.4 is 14.2 Å². The summed E-state index contributed by atoms with van der Waals surface area (Å²) in [6.07, 6.45) is 0. The van der Waals surface area contributed by atoms with Gasteiger partial charge >= 0.3 is 39.9 Å². The zero-order chi connectivity index (χ0) is 12.3. The Hall–Kier alpha value is -0.310. The fraction of sp³-hybridized carbons (Fsp3) is 0.400. The molecule has 0 saturated carbocycles. The second-order valence-electron chi connectivity index (χ2n) is 3.67. The van der Waals surface area contributed by atoms with E-state index in [-0.39, 0.29) is 35.3 Å². The number of rotatable bonds is 3. The van der Waals surface area contributed by atoms with Gasteiger partial charge in [0.05, 0.1) is 13.2 Å². The molecule has 1 fully saturated rings. The van der Waals surface area contributed by atoms with Gasteiger partial charge in [-0.15, -0.1) is 0 Å². The van der Waals surface area contributed by atoms with Crippen molar-refractivity contribution in [2.75, 3.05) is 31.2 Å². The predicted molar refractivity (Wildman–Crippen MR) is 70.4 cm³/mol. The number of hydrogen-bond donors (Lipinski definition) is 1. The van der Waals surface area contributed by atoms with Crippen molar-refractivity contribution in [3.05, 3.63) is 24.3 Å². The Bertz CT molecular complexity index is 471. The molecule has 8 heteroatoms. The van der Waals surface area contributed by atoms with Crippen LogP contribution in [0.5, 0.6) is 5.75 Å². The van der Waals surface area contributed by atoms with Crippen LogP contribution >= 0.6 is 0 Å². The monoisotopic (exact) mass is 282 g/mol. The van der Waals surface area contributed by atoms with E-state index < -0.39 is 10.3 Å². The molecule has 0 unspecified atom stereocenters. The van der Waals surface area contributed by atoms with E-state index in [2.05, 4.69) is 9.08 Å². The Kier molecular flexibility index (Phi) is 5.90. The van der Waals surface area contributed by atoms with Gasteiger partial charge < -0.3 is 13.8 Å². The van der Waals surface area contributed by atoms with E-state index in [0.717, 1.165) is 18.8 Å². The van der Waals surface area contributed by atoms with Crippen molar-refractivity contribution in [1.29, 1.82) is 0 Å². The van der Waals surface area contributed by atoms with Crippen LogP contribution in [0.25, 0.3) is 0 Å². The molecule has 6 nitrogen and oxygen atoms in total.